The first kappa shape index (κ1) is 11.5. The minimum absolute atomic E-state index is 0. The molecule has 0 N–H and O–H groups in total. The second kappa shape index (κ2) is 6.06. The Hall–Kier alpha value is 0.500. The first-order valence-corrected chi connectivity index (χ1v) is 4.19. The zero-order valence-corrected chi connectivity index (χ0v) is 7.58. The van der Waals surface area contributed by atoms with Crippen molar-refractivity contribution < 1.29 is 42.5 Å². The molecule has 3 heteroatoms. The topological polar surface area (TPSA) is 17.1 Å². The molecule has 0 fully saturated rings. The van der Waals surface area contributed by atoms with Crippen molar-refractivity contribution in [3.8, 4) is 0 Å². The van der Waals surface area contributed by atoms with E-state index >= 15 is 0 Å². The Kier molecular flexibility index (Phi) is 6.34. The van der Waals surface area contributed by atoms with Crippen molar-refractivity contribution >= 4 is 18.0 Å². The molecule has 0 unspecified atom stereocenters. The van der Waals surface area contributed by atoms with Gasteiger partial charge in [-0.05, 0) is 12.3 Å². The van der Waals surface area contributed by atoms with Gasteiger partial charge in [0.1, 0.15) is 0 Å². The van der Waals surface area contributed by atoms with E-state index in [4.69, 9.17) is 0 Å². The van der Waals surface area contributed by atoms with Crippen molar-refractivity contribution in [3.63, 3.8) is 0 Å². The molecule has 11 heavy (non-hydrogen) atoms. The molecule has 0 aromatic heterocycles. The molecule has 0 atom stereocenters. The molecule has 1 aromatic carbocycles. The first-order chi connectivity index (χ1) is 4.88. The van der Waals surface area contributed by atoms with Crippen molar-refractivity contribution in [2.45, 2.75) is 4.90 Å². The van der Waals surface area contributed by atoms with Crippen molar-refractivity contribution in [3.05, 3.63) is 29.8 Å². The van der Waals surface area contributed by atoms with E-state index in [-0.39, 0.29) is 37.7 Å². The molecule has 0 bridgehead atoms. The molecule has 60 valence electrons. The second-order valence-corrected chi connectivity index (χ2v) is 2.71. The molecule has 0 spiro atoms. The zero-order valence-electron chi connectivity index (χ0n) is 6.06. The summed E-state index contributed by atoms with van der Waals surface area (Å²) in [4.78, 5) is 11.4. The van der Waals surface area contributed by atoms with Crippen LogP contribution < -0.4 is 0 Å². The summed E-state index contributed by atoms with van der Waals surface area (Å²) in [6.07, 6.45) is 2.84. The maximum atomic E-state index is 10.4. The van der Waals surface area contributed by atoms with Gasteiger partial charge in [-0.2, -0.15) is 0 Å². The van der Waals surface area contributed by atoms with E-state index in [1.165, 1.54) is 0 Å². The third kappa shape index (κ3) is 3.16. The monoisotopic (exact) mass is 192 g/mol. The van der Waals surface area contributed by atoms with Crippen molar-refractivity contribution in [2.24, 2.45) is 0 Å². The number of hydrogen-bond donors (Lipinski definition) is 0. The molecule has 0 amide bonds. The molecule has 0 saturated heterocycles. The molecule has 0 saturated carbocycles. The summed E-state index contributed by atoms with van der Waals surface area (Å²) in [6, 6.07) is 7.55. The third-order valence-electron chi connectivity index (χ3n) is 1.27. The summed E-state index contributed by atoms with van der Waals surface area (Å²) in [5.74, 6) is 0. The van der Waals surface area contributed by atoms with Crippen molar-refractivity contribution in [2.75, 3.05) is 6.26 Å². The van der Waals surface area contributed by atoms with Crippen LogP contribution in [0.2, 0.25) is 0 Å². The fraction of sp³-hybridized carbons (Fsp3) is 0.125. The van der Waals surface area contributed by atoms with Gasteiger partial charge >= 0.3 is 0 Å². The van der Waals surface area contributed by atoms with Crippen LogP contribution in [0.3, 0.4) is 0 Å². The van der Waals surface area contributed by atoms with E-state index < -0.39 is 0 Å². The largest absolute Gasteiger partial charge is 0.298 e. The molecule has 0 heterocycles. The number of aldehydes is 1. The van der Waals surface area contributed by atoms with Gasteiger partial charge in [0.2, 0.25) is 0 Å². The van der Waals surface area contributed by atoms with E-state index in [2.05, 4.69) is 0 Å². The van der Waals surface area contributed by atoms with Gasteiger partial charge in [-0.1, -0.05) is 18.2 Å². The summed E-state index contributed by atoms with van der Waals surface area (Å²) < 4.78 is 0. The molecular formula is C8H8ArOS. The average molecular weight is 192 g/mol. The first-order valence-electron chi connectivity index (χ1n) is 2.96. The molecule has 0 aliphatic rings. The summed E-state index contributed by atoms with van der Waals surface area (Å²) in [7, 11) is 0. The number of benzene rings is 1. The molecule has 1 nitrogen and oxygen atoms in total. The maximum absolute atomic E-state index is 10.4. The Balaban J connectivity index is 0.000001000. The van der Waals surface area contributed by atoms with Crippen LogP contribution in [0.25, 0.3) is 0 Å². The third-order valence-corrected chi connectivity index (χ3v) is 2.08. The number of rotatable bonds is 2. The fourth-order valence-corrected chi connectivity index (χ4v) is 1.33. The van der Waals surface area contributed by atoms with Gasteiger partial charge in [-0.25, -0.2) is 0 Å². The van der Waals surface area contributed by atoms with Gasteiger partial charge in [0.25, 0.3) is 0 Å². The number of hydrogen-bond acceptors (Lipinski definition) is 2. The number of carbonyl (C=O) groups excluding carboxylic acids is 1. The van der Waals surface area contributed by atoms with Gasteiger partial charge in [-0.3, -0.25) is 4.79 Å². The van der Waals surface area contributed by atoms with Crippen molar-refractivity contribution in [1.82, 2.24) is 0 Å². The summed E-state index contributed by atoms with van der Waals surface area (Å²) >= 11 is 1.59. The van der Waals surface area contributed by atoms with Gasteiger partial charge < -0.3 is 0 Å². The minimum atomic E-state index is 0. The van der Waals surface area contributed by atoms with E-state index in [1.807, 2.05) is 30.5 Å². The Labute approximate surface area is 101 Å². The van der Waals surface area contributed by atoms with E-state index in [1.54, 1.807) is 11.8 Å². The molecule has 0 aliphatic heterocycles. The van der Waals surface area contributed by atoms with Gasteiger partial charge in [0.05, 0.1) is 0 Å². The average Bonchev–Trinajstić information content (AvgIpc) is 2.04. The maximum Gasteiger partial charge on any atom is 0.151 e. The fourth-order valence-electron chi connectivity index (χ4n) is 0.764. The van der Waals surface area contributed by atoms with Crippen LogP contribution in [-0.2, 0) is 0 Å². The SMILES string of the molecule is CSc1ccccc1C=O.[Ar]. The van der Waals surface area contributed by atoms with Crippen LogP contribution in [0.5, 0.6) is 0 Å². The van der Waals surface area contributed by atoms with Crippen LogP contribution >= 0.6 is 11.8 Å². The molecule has 0 radical (unpaired) electrons. The smallest absolute Gasteiger partial charge is 0.151 e. The van der Waals surface area contributed by atoms with E-state index in [9.17, 15) is 4.79 Å². The van der Waals surface area contributed by atoms with Gasteiger partial charge in [0.15, 0.2) is 6.29 Å². The van der Waals surface area contributed by atoms with Gasteiger partial charge in [0, 0.05) is 48.2 Å². The Bertz CT molecular complexity index is 237. The van der Waals surface area contributed by atoms with Crippen LogP contribution in [0.15, 0.2) is 29.2 Å². The number of carbonyl (C=O) groups is 1. The van der Waals surface area contributed by atoms with E-state index in [0.717, 1.165) is 16.7 Å². The van der Waals surface area contributed by atoms with Crippen molar-refractivity contribution in [1.29, 1.82) is 0 Å². The van der Waals surface area contributed by atoms with Crippen LogP contribution in [-0.4, -0.2) is 12.5 Å². The quantitative estimate of drug-likeness (QED) is 0.528. The van der Waals surface area contributed by atoms with Crippen LogP contribution in [0, 0.1) is 37.7 Å². The zero-order chi connectivity index (χ0) is 7.40. The molecule has 1 rings (SSSR count). The van der Waals surface area contributed by atoms with E-state index in [0.29, 0.717) is 0 Å². The standard InChI is InChI=1S/C8H8OS.Ar/c1-10-8-5-3-2-4-7(8)6-9;/h2-6H,1H3;. The summed E-state index contributed by atoms with van der Waals surface area (Å²) in [5, 5.41) is 0. The molecular weight excluding hydrogens is 184 g/mol. The Morgan fingerprint density at radius 3 is 2.45 bits per heavy atom. The summed E-state index contributed by atoms with van der Waals surface area (Å²) in [5.41, 5.74) is 0.773. The number of thioether (sulfide) groups is 1. The van der Waals surface area contributed by atoms with Crippen LogP contribution in [0.1, 0.15) is 10.4 Å². The predicted molar refractivity (Wildman–Crippen MR) is 43.6 cm³/mol. The van der Waals surface area contributed by atoms with Crippen LogP contribution in [0.4, 0.5) is 0 Å². The normalized spacial score (nSPS) is 8.45. The summed E-state index contributed by atoms with van der Waals surface area (Å²) in [6.45, 7) is 0. The Morgan fingerprint density at radius 1 is 1.36 bits per heavy atom. The molecule has 0 aliphatic carbocycles. The minimum Gasteiger partial charge on any atom is -0.298 e. The Morgan fingerprint density at radius 2 is 2.00 bits per heavy atom. The second-order valence-electron chi connectivity index (χ2n) is 1.86. The molecule has 1 aromatic rings. The van der Waals surface area contributed by atoms with Gasteiger partial charge in [-0.15, -0.1) is 11.8 Å². The predicted octanol–water partition coefficient (Wildman–Crippen LogP) is 2.22.